The number of nitrogens with zero attached hydrogens (tertiary/aromatic N) is 2. The molecule has 1 aliphatic heterocycles. The molecule has 1 amide bonds. The lowest BCUT2D eigenvalue weighted by Crippen LogP contribution is -2.34. The van der Waals surface area contributed by atoms with Crippen molar-refractivity contribution in [1.82, 2.24) is 4.90 Å². The van der Waals surface area contributed by atoms with Gasteiger partial charge < -0.3 is 14.9 Å². The number of aromatic carboxylic acids is 1. The molecule has 1 N–H and O–H groups in total. The van der Waals surface area contributed by atoms with Gasteiger partial charge in [0, 0.05) is 37.6 Å². The van der Waals surface area contributed by atoms with E-state index in [2.05, 4.69) is 15.9 Å². The summed E-state index contributed by atoms with van der Waals surface area (Å²) >= 11 is 3.38. The molecule has 0 aliphatic carbocycles. The molecule has 0 bridgehead atoms. The lowest BCUT2D eigenvalue weighted by atomic mass is 10.1. The Hall–Kier alpha value is -1.56. The summed E-state index contributed by atoms with van der Waals surface area (Å²) in [6, 6.07) is 5.16. The Balaban J connectivity index is 2.25. The average molecular weight is 341 g/mol. The summed E-state index contributed by atoms with van der Waals surface area (Å²) < 4.78 is 0.852. The predicted molar refractivity (Wildman–Crippen MR) is 80.2 cm³/mol. The molecule has 0 atom stereocenters. The number of benzene rings is 1. The summed E-state index contributed by atoms with van der Waals surface area (Å²) in [6.07, 6.45) is 0.838. The van der Waals surface area contributed by atoms with Gasteiger partial charge >= 0.3 is 5.97 Å². The zero-order chi connectivity index (χ0) is 14.7. The number of carboxylic acid groups (broad SMARTS) is 1. The van der Waals surface area contributed by atoms with Gasteiger partial charge in [-0.3, -0.25) is 4.79 Å². The quantitative estimate of drug-likeness (QED) is 0.896. The molecular formula is C14H17BrN2O3. The number of hydrogen-bond donors (Lipinski definition) is 1. The molecule has 1 aliphatic rings. The van der Waals surface area contributed by atoms with Gasteiger partial charge in [0.25, 0.3) is 0 Å². The third kappa shape index (κ3) is 3.30. The maximum atomic E-state index is 11.4. The summed E-state index contributed by atoms with van der Waals surface area (Å²) in [5.74, 6) is -0.861. The highest BCUT2D eigenvalue weighted by Crippen LogP contribution is 2.26. The molecule has 0 unspecified atom stereocenters. The summed E-state index contributed by atoms with van der Waals surface area (Å²) in [7, 11) is 0. The number of hydrogen-bond acceptors (Lipinski definition) is 3. The number of amides is 1. The maximum absolute atomic E-state index is 11.4. The number of halogens is 1. The number of carbonyl (C=O) groups is 2. The van der Waals surface area contributed by atoms with Crippen molar-refractivity contribution in [2.24, 2.45) is 0 Å². The van der Waals surface area contributed by atoms with Crippen LogP contribution in [-0.4, -0.2) is 48.1 Å². The first kappa shape index (κ1) is 14.8. The van der Waals surface area contributed by atoms with E-state index < -0.39 is 5.97 Å². The van der Waals surface area contributed by atoms with Crippen LogP contribution in [0.15, 0.2) is 22.7 Å². The van der Waals surface area contributed by atoms with E-state index in [-0.39, 0.29) is 5.91 Å². The zero-order valence-corrected chi connectivity index (χ0v) is 12.9. The minimum atomic E-state index is -0.930. The van der Waals surface area contributed by atoms with Crippen molar-refractivity contribution in [3.8, 4) is 0 Å². The average Bonchev–Trinajstić information content (AvgIpc) is 2.63. The maximum Gasteiger partial charge on any atom is 0.337 e. The van der Waals surface area contributed by atoms with Crippen molar-refractivity contribution >= 4 is 33.5 Å². The predicted octanol–water partition coefficient (Wildman–Crippen LogP) is 2.21. The monoisotopic (exact) mass is 340 g/mol. The Morgan fingerprint density at radius 1 is 1.20 bits per heavy atom. The van der Waals surface area contributed by atoms with Crippen LogP contribution in [0.4, 0.5) is 5.69 Å². The summed E-state index contributed by atoms with van der Waals surface area (Å²) in [5.41, 5.74) is 1.00. The topological polar surface area (TPSA) is 60.9 Å². The summed E-state index contributed by atoms with van der Waals surface area (Å²) in [5, 5.41) is 9.29. The van der Waals surface area contributed by atoms with Crippen LogP contribution in [0.3, 0.4) is 0 Å². The van der Waals surface area contributed by atoms with Crippen LogP contribution in [0, 0.1) is 0 Å². The molecule has 5 nitrogen and oxygen atoms in total. The van der Waals surface area contributed by atoms with Crippen LogP contribution in [0.1, 0.15) is 23.7 Å². The Morgan fingerprint density at radius 3 is 2.60 bits per heavy atom. The molecule has 20 heavy (non-hydrogen) atoms. The van der Waals surface area contributed by atoms with Crippen LogP contribution in [0.2, 0.25) is 0 Å². The lowest BCUT2D eigenvalue weighted by molar-refractivity contribution is -0.128. The molecule has 0 aromatic heterocycles. The van der Waals surface area contributed by atoms with Crippen LogP contribution in [0.5, 0.6) is 0 Å². The number of carbonyl (C=O) groups excluding carboxylic acids is 1. The molecule has 1 saturated heterocycles. The van der Waals surface area contributed by atoms with Gasteiger partial charge in [-0.1, -0.05) is 15.9 Å². The van der Waals surface area contributed by atoms with Crippen LogP contribution >= 0.6 is 15.9 Å². The fourth-order valence-electron chi connectivity index (χ4n) is 2.42. The van der Waals surface area contributed by atoms with Crippen molar-refractivity contribution < 1.29 is 14.7 Å². The standard InChI is InChI=1S/C14H17BrN2O3/c1-10(18)16-5-2-6-17(8-7-16)13-9-11(15)3-4-12(13)14(19)20/h3-4,9H,2,5-8H2,1H3,(H,19,20). The minimum absolute atomic E-state index is 0.0690. The molecule has 108 valence electrons. The van der Waals surface area contributed by atoms with Gasteiger partial charge in [-0.15, -0.1) is 0 Å². The fraction of sp³-hybridized carbons (Fsp3) is 0.429. The van der Waals surface area contributed by atoms with Crippen molar-refractivity contribution in [3.05, 3.63) is 28.2 Å². The van der Waals surface area contributed by atoms with Crippen LogP contribution in [0.25, 0.3) is 0 Å². The fourth-order valence-corrected chi connectivity index (χ4v) is 2.77. The van der Waals surface area contributed by atoms with Crippen LogP contribution < -0.4 is 4.90 Å². The first-order valence-corrected chi connectivity index (χ1v) is 7.31. The molecule has 0 saturated carbocycles. The third-order valence-electron chi connectivity index (χ3n) is 3.47. The molecule has 1 fully saturated rings. The summed E-state index contributed by atoms with van der Waals surface area (Å²) in [6.45, 7) is 4.32. The van der Waals surface area contributed by atoms with E-state index in [1.807, 2.05) is 11.0 Å². The van der Waals surface area contributed by atoms with E-state index in [4.69, 9.17) is 0 Å². The Bertz CT molecular complexity index is 533. The third-order valence-corrected chi connectivity index (χ3v) is 3.97. The Morgan fingerprint density at radius 2 is 1.95 bits per heavy atom. The molecule has 1 aromatic carbocycles. The molecule has 1 aromatic rings. The van der Waals surface area contributed by atoms with Crippen molar-refractivity contribution in [2.45, 2.75) is 13.3 Å². The smallest absolute Gasteiger partial charge is 0.337 e. The molecule has 2 rings (SSSR count). The highest BCUT2D eigenvalue weighted by molar-refractivity contribution is 9.10. The number of carboxylic acids is 1. The second kappa shape index (κ2) is 6.26. The molecule has 0 radical (unpaired) electrons. The first-order chi connectivity index (χ1) is 9.49. The van der Waals surface area contributed by atoms with E-state index in [0.717, 1.165) is 24.0 Å². The number of rotatable bonds is 2. The van der Waals surface area contributed by atoms with E-state index in [0.29, 0.717) is 24.3 Å². The van der Waals surface area contributed by atoms with E-state index in [9.17, 15) is 14.7 Å². The van der Waals surface area contributed by atoms with Gasteiger partial charge in [0.1, 0.15) is 0 Å². The van der Waals surface area contributed by atoms with E-state index in [1.165, 1.54) is 0 Å². The largest absolute Gasteiger partial charge is 0.478 e. The number of anilines is 1. The van der Waals surface area contributed by atoms with Crippen molar-refractivity contribution in [1.29, 1.82) is 0 Å². The first-order valence-electron chi connectivity index (χ1n) is 6.52. The zero-order valence-electron chi connectivity index (χ0n) is 11.3. The second-order valence-corrected chi connectivity index (χ2v) is 5.73. The van der Waals surface area contributed by atoms with Gasteiger partial charge in [0.2, 0.25) is 5.91 Å². The highest BCUT2D eigenvalue weighted by atomic mass is 79.9. The van der Waals surface area contributed by atoms with Crippen molar-refractivity contribution in [2.75, 3.05) is 31.1 Å². The minimum Gasteiger partial charge on any atom is -0.478 e. The van der Waals surface area contributed by atoms with Gasteiger partial charge in [-0.2, -0.15) is 0 Å². The van der Waals surface area contributed by atoms with Gasteiger partial charge in [-0.05, 0) is 24.6 Å². The highest BCUT2D eigenvalue weighted by Gasteiger charge is 2.20. The molecular weight excluding hydrogens is 324 g/mol. The van der Waals surface area contributed by atoms with Gasteiger partial charge in [0.05, 0.1) is 11.3 Å². The van der Waals surface area contributed by atoms with Crippen molar-refractivity contribution in [3.63, 3.8) is 0 Å². The Labute approximate surface area is 126 Å². The molecule has 1 heterocycles. The molecule has 6 heteroatoms. The Kier molecular flexibility index (Phi) is 4.65. The van der Waals surface area contributed by atoms with Crippen LogP contribution in [-0.2, 0) is 4.79 Å². The van der Waals surface area contributed by atoms with E-state index >= 15 is 0 Å². The SMILES string of the molecule is CC(=O)N1CCCN(c2cc(Br)ccc2C(=O)O)CC1. The van der Waals surface area contributed by atoms with E-state index in [1.54, 1.807) is 24.0 Å². The lowest BCUT2D eigenvalue weighted by Gasteiger charge is -2.25. The van der Waals surface area contributed by atoms with Gasteiger partial charge in [-0.25, -0.2) is 4.79 Å². The normalized spacial score (nSPS) is 15.9. The summed E-state index contributed by atoms with van der Waals surface area (Å²) in [4.78, 5) is 26.6. The van der Waals surface area contributed by atoms with Gasteiger partial charge in [0.15, 0.2) is 0 Å². The molecule has 0 spiro atoms. The second-order valence-electron chi connectivity index (χ2n) is 4.81.